The van der Waals surface area contributed by atoms with Gasteiger partial charge in [-0.15, -0.1) is 0 Å². The highest BCUT2D eigenvalue weighted by molar-refractivity contribution is 5.87. The van der Waals surface area contributed by atoms with Crippen molar-refractivity contribution < 1.29 is 9.90 Å². The fourth-order valence-corrected chi connectivity index (χ4v) is 2.24. The van der Waals surface area contributed by atoms with Crippen molar-refractivity contribution in [2.24, 2.45) is 0 Å². The summed E-state index contributed by atoms with van der Waals surface area (Å²) in [6, 6.07) is 3.16. The first-order valence-electron chi connectivity index (χ1n) is 6.19. The van der Waals surface area contributed by atoms with E-state index in [0.29, 0.717) is 22.3 Å². The monoisotopic (exact) mass is 302 g/mol. The standard InChI is InChI=1S/C13H10N4O5/c1-5-2-7-8(15-12(21)14-7)3-9(5)17-4-6(11(19)20)10(18)16-13(17)22/h2-4H,1H3,(H,19,20)(H2,14,15,21)(H,16,18,22). The Morgan fingerprint density at radius 2 is 1.73 bits per heavy atom. The molecule has 2 aromatic heterocycles. The van der Waals surface area contributed by atoms with Crippen molar-refractivity contribution in [3.63, 3.8) is 0 Å². The van der Waals surface area contributed by atoms with E-state index in [9.17, 15) is 19.2 Å². The van der Waals surface area contributed by atoms with Gasteiger partial charge in [-0.1, -0.05) is 0 Å². The van der Waals surface area contributed by atoms with E-state index in [2.05, 4.69) is 9.97 Å². The van der Waals surface area contributed by atoms with Crippen LogP contribution in [0.4, 0.5) is 0 Å². The first kappa shape index (κ1) is 13.6. The lowest BCUT2D eigenvalue weighted by Gasteiger charge is -2.09. The summed E-state index contributed by atoms with van der Waals surface area (Å²) in [5, 5.41) is 8.98. The maximum atomic E-state index is 11.9. The number of aromatic carboxylic acids is 1. The van der Waals surface area contributed by atoms with Gasteiger partial charge in [0.25, 0.3) is 5.56 Å². The molecule has 0 amide bonds. The third-order valence-electron chi connectivity index (χ3n) is 3.26. The van der Waals surface area contributed by atoms with Gasteiger partial charge < -0.3 is 15.1 Å². The molecule has 0 bridgehead atoms. The minimum atomic E-state index is -1.44. The van der Waals surface area contributed by atoms with Crippen LogP contribution in [0.25, 0.3) is 16.7 Å². The first-order chi connectivity index (χ1) is 10.4. The molecule has 0 spiro atoms. The molecule has 0 fully saturated rings. The minimum absolute atomic E-state index is 0.353. The molecule has 9 heteroatoms. The van der Waals surface area contributed by atoms with Crippen molar-refractivity contribution >= 4 is 17.0 Å². The average Bonchev–Trinajstić information content (AvgIpc) is 2.77. The predicted octanol–water partition coefficient (Wildman–Crippen LogP) is -0.298. The molecule has 0 aliphatic rings. The van der Waals surface area contributed by atoms with Crippen LogP contribution in [0.1, 0.15) is 15.9 Å². The number of nitrogens with one attached hydrogen (secondary N) is 3. The van der Waals surface area contributed by atoms with Gasteiger partial charge in [0.15, 0.2) is 0 Å². The molecule has 0 radical (unpaired) electrons. The number of aryl methyl sites for hydroxylation is 1. The molecule has 22 heavy (non-hydrogen) atoms. The maximum Gasteiger partial charge on any atom is 0.342 e. The first-order valence-corrected chi connectivity index (χ1v) is 6.19. The lowest BCUT2D eigenvalue weighted by molar-refractivity contribution is 0.0694. The topological polar surface area (TPSA) is 141 Å². The van der Waals surface area contributed by atoms with Crippen molar-refractivity contribution in [1.29, 1.82) is 0 Å². The fourth-order valence-electron chi connectivity index (χ4n) is 2.24. The maximum absolute atomic E-state index is 11.9. The smallest absolute Gasteiger partial charge is 0.342 e. The third-order valence-corrected chi connectivity index (χ3v) is 3.26. The second-order valence-corrected chi connectivity index (χ2v) is 4.74. The van der Waals surface area contributed by atoms with Gasteiger partial charge in [0.05, 0.1) is 16.7 Å². The summed E-state index contributed by atoms with van der Waals surface area (Å²) < 4.78 is 1.02. The Hall–Kier alpha value is -3.36. The molecule has 4 N–H and O–H groups in total. The SMILES string of the molecule is Cc1cc2[nH]c(=O)[nH]c2cc1-n1cc(C(=O)O)c(=O)[nH]c1=O. The number of nitrogens with zero attached hydrogens (tertiary/aromatic N) is 1. The van der Waals surface area contributed by atoms with Gasteiger partial charge in [-0.3, -0.25) is 14.3 Å². The molecule has 3 aromatic rings. The van der Waals surface area contributed by atoms with E-state index >= 15 is 0 Å². The van der Waals surface area contributed by atoms with Crippen molar-refractivity contribution in [3.8, 4) is 5.69 Å². The lowest BCUT2D eigenvalue weighted by Crippen LogP contribution is -2.32. The van der Waals surface area contributed by atoms with Gasteiger partial charge in [0.1, 0.15) is 5.56 Å². The lowest BCUT2D eigenvalue weighted by atomic mass is 10.1. The summed E-state index contributed by atoms with van der Waals surface area (Å²) >= 11 is 0. The van der Waals surface area contributed by atoms with E-state index in [1.165, 1.54) is 6.07 Å². The van der Waals surface area contributed by atoms with Crippen molar-refractivity contribution in [2.75, 3.05) is 0 Å². The summed E-state index contributed by atoms with van der Waals surface area (Å²) in [4.78, 5) is 52.8. The van der Waals surface area contributed by atoms with Gasteiger partial charge >= 0.3 is 17.3 Å². The van der Waals surface area contributed by atoms with Gasteiger partial charge in [0.2, 0.25) is 0 Å². The van der Waals surface area contributed by atoms with Crippen LogP contribution >= 0.6 is 0 Å². The number of aromatic amines is 3. The predicted molar refractivity (Wildman–Crippen MR) is 76.8 cm³/mol. The Morgan fingerprint density at radius 3 is 2.36 bits per heavy atom. The number of hydrogen-bond acceptors (Lipinski definition) is 4. The van der Waals surface area contributed by atoms with Crippen LogP contribution in [0.2, 0.25) is 0 Å². The van der Waals surface area contributed by atoms with E-state index in [-0.39, 0.29) is 0 Å². The number of H-pyrrole nitrogens is 3. The zero-order chi connectivity index (χ0) is 16.0. The van der Waals surface area contributed by atoms with E-state index in [1.807, 2.05) is 4.98 Å². The number of benzene rings is 1. The van der Waals surface area contributed by atoms with Crippen LogP contribution in [-0.2, 0) is 0 Å². The molecule has 0 atom stereocenters. The van der Waals surface area contributed by atoms with Crippen LogP contribution in [0, 0.1) is 6.92 Å². The number of fused-ring (bicyclic) bond motifs is 1. The van der Waals surface area contributed by atoms with E-state index in [0.717, 1.165) is 10.8 Å². The minimum Gasteiger partial charge on any atom is -0.477 e. The third kappa shape index (κ3) is 2.04. The molecule has 2 heterocycles. The number of imidazole rings is 1. The number of carbonyl (C=O) groups is 1. The molecule has 3 rings (SSSR count). The van der Waals surface area contributed by atoms with Crippen molar-refractivity contribution in [1.82, 2.24) is 19.5 Å². The Balaban J connectivity index is 2.35. The van der Waals surface area contributed by atoms with Gasteiger partial charge in [-0.25, -0.2) is 14.4 Å². The normalized spacial score (nSPS) is 11.0. The quantitative estimate of drug-likeness (QED) is 0.514. The zero-order valence-electron chi connectivity index (χ0n) is 11.3. The molecular weight excluding hydrogens is 292 g/mol. The highest BCUT2D eigenvalue weighted by Gasteiger charge is 2.14. The van der Waals surface area contributed by atoms with Crippen LogP contribution in [-0.4, -0.2) is 30.6 Å². The summed E-state index contributed by atoms with van der Waals surface area (Å²) in [7, 11) is 0. The molecule has 9 nitrogen and oxygen atoms in total. The van der Waals surface area contributed by atoms with E-state index in [1.54, 1.807) is 13.0 Å². The molecule has 0 aliphatic carbocycles. The number of hydrogen-bond donors (Lipinski definition) is 4. The molecule has 112 valence electrons. The van der Waals surface area contributed by atoms with E-state index in [4.69, 9.17) is 5.11 Å². The number of rotatable bonds is 2. The Morgan fingerprint density at radius 1 is 1.09 bits per heavy atom. The number of carboxylic acids is 1. The molecule has 0 saturated carbocycles. The van der Waals surface area contributed by atoms with Crippen LogP contribution in [0.3, 0.4) is 0 Å². The van der Waals surface area contributed by atoms with Gasteiger partial charge in [0, 0.05) is 6.20 Å². The van der Waals surface area contributed by atoms with Crippen molar-refractivity contribution in [2.45, 2.75) is 6.92 Å². The zero-order valence-corrected chi connectivity index (χ0v) is 11.3. The van der Waals surface area contributed by atoms with Crippen molar-refractivity contribution in [3.05, 3.63) is 60.8 Å². The number of carboxylic acid groups (broad SMARTS) is 1. The second-order valence-electron chi connectivity index (χ2n) is 4.74. The molecular formula is C13H10N4O5. The summed E-state index contributed by atoms with van der Waals surface area (Å²) in [5.41, 5.74) is -0.700. The molecule has 0 aliphatic heterocycles. The average molecular weight is 302 g/mol. The van der Waals surface area contributed by atoms with Gasteiger partial charge in [-0.2, -0.15) is 0 Å². The summed E-state index contributed by atoms with van der Waals surface area (Å²) in [6.45, 7) is 1.69. The van der Waals surface area contributed by atoms with Crippen LogP contribution in [0.15, 0.2) is 32.7 Å². The van der Waals surface area contributed by atoms with Crippen LogP contribution in [0.5, 0.6) is 0 Å². The Bertz CT molecular complexity index is 1080. The highest BCUT2D eigenvalue weighted by Crippen LogP contribution is 2.18. The largest absolute Gasteiger partial charge is 0.477 e. The highest BCUT2D eigenvalue weighted by atomic mass is 16.4. The fraction of sp³-hybridized carbons (Fsp3) is 0.0769. The molecule has 0 saturated heterocycles. The summed E-state index contributed by atoms with van der Waals surface area (Å²) in [5.74, 6) is -1.44. The molecule has 1 aromatic carbocycles. The Labute approximate surface area is 120 Å². The van der Waals surface area contributed by atoms with Crippen LogP contribution < -0.4 is 16.9 Å². The molecule has 0 unspecified atom stereocenters. The van der Waals surface area contributed by atoms with Gasteiger partial charge in [-0.05, 0) is 24.6 Å². The number of aromatic nitrogens is 4. The summed E-state index contributed by atoms with van der Waals surface area (Å²) in [6.07, 6.45) is 0.961. The van der Waals surface area contributed by atoms with E-state index < -0.39 is 28.5 Å². The second kappa shape index (κ2) is 4.58. The Kier molecular flexibility index (Phi) is 2.84.